The molecule has 0 bridgehead atoms. The smallest absolute Gasteiger partial charge is 0.0692 e. The molecule has 1 aliphatic rings. The molecule has 0 aromatic carbocycles. The van der Waals surface area contributed by atoms with Crippen molar-refractivity contribution in [2.75, 3.05) is 0 Å². The Morgan fingerprint density at radius 2 is 1.80 bits per heavy atom. The van der Waals surface area contributed by atoms with E-state index in [1.54, 1.807) is 0 Å². The van der Waals surface area contributed by atoms with Crippen LogP contribution in [-0.2, 0) is 0 Å². The second-order valence-electron chi connectivity index (χ2n) is 3.80. The Morgan fingerprint density at radius 1 is 1.30 bits per heavy atom. The molecule has 1 fully saturated rings. The molecule has 0 radical (unpaired) electrons. The molecule has 1 unspecified atom stereocenters. The first-order valence-corrected chi connectivity index (χ1v) is 4.03. The van der Waals surface area contributed by atoms with E-state index in [1.165, 1.54) is 0 Å². The van der Waals surface area contributed by atoms with Crippen molar-refractivity contribution in [1.82, 2.24) is 0 Å². The van der Waals surface area contributed by atoms with Crippen LogP contribution in [0.3, 0.4) is 0 Å². The largest absolute Gasteiger partial charge is 0.198 e. The van der Waals surface area contributed by atoms with Crippen molar-refractivity contribution < 1.29 is 0 Å². The van der Waals surface area contributed by atoms with E-state index in [0.29, 0.717) is 11.8 Å². The van der Waals surface area contributed by atoms with Gasteiger partial charge in [0.25, 0.3) is 0 Å². The molecular weight excluding hydrogens is 122 g/mol. The molecule has 0 spiro atoms. The zero-order valence-electron chi connectivity index (χ0n) is 7.02. The third kappa shape index (κ3) is 1.03. The quantitative estimate of drug-likeness (QED) is 0.574. The van der Waals surface area contributed by atoms with Gasteiger partial charge >= 0.3 is 0 Å². The SMILES string of the molecule is CC(C)C(C)C1(C#N)CC1. The predicted molar refractivity (Wildman–Crippen MR) is 41.3 cm³/mol. The number of hydrogen-bond donors (Lipinski definition) is 0. The summed E-state index contributed by atoms with van der Waals surface area (Å²) in [5.74, 6) is 1.24. The molecule has 0 aliphatic heterocycles. The summed E-state index contributed by atoms with van der Waals surface area (Å²) in [6.45, 7) is 6.59. The Hall–Kier alpha value is -0.510. The second-order valence-corrected chi connectivity index (χ2v) is 3.80. The molecule has 1 saturated carbocycles. The summed E-state index contributed by atoms with van der Waals surface area (Å²) in [5, 5.41) is 8.83. The van der Waals surface area contributed by atoms with Crippen molar-refractivity contribution in [2.24, 2.45) is 17.3 Å². The number of hydrogen-bond acceptors (Lipinski definition) is 1. The van der Waals surface area contributed by atoms with E-state index in [9.17, 15) is 0 Å². The van der Waals surface area contributed by atoms with Gasteiger partial charge in [0.1, 0.15) is 0 Å². The van der Waals surface area contributed by atoms with Crippen LogP contribution >= 0.6 is 0 Å². The van der Waals surface area contributed by atoms with Crippen LogP contribution < -0.4 is 0 Å². The van der Waals surface area contributed by atoms with Crippen molar-refractivity contribution in [3.8, 4) is 6.07 Å². The normalized spacial score (nSPS) is 23.9. The lowest BCUT2D eigenvalue weighted by Crippen LogP contribution is -2.16. The van der Waals surface area contributed by atoms with Crippen LogP contribution in [-0.4, -0.2) is 0 Å². The number of rotatable bonds is 2. The van der Waals surface area contributed by atoms with Gasteiger partial charge in [0.05, 0.1) is 11.5 Å². The van der Waals surface area contributed by atoms with Crippen molar-refractivity contribution in [3.05, 3.63) is 0 Å². The van der Waals surface area contributed by atoms with Crippen LogP contribution in [0.5, 0.6) is 0 Å². The maximum atomic E-state index is 8.83. The first-order valence-electron chi connectivity index (χ1n) is 4.03. The van der Waals surface area contributed by atoms with Crippen LogP contribution in [0.25, 0.3) is 0 Å². The molecular formula is C9H15N. The Morgan fingerprint density at radius 3 is 1.90 bits per heavy atom. The Balaban J connectivity index is 2.58. The van der Waals surface area contributed by atoms with Crippen LogP contribution in [0.4, 0.5) is 0 Å². The minimum Gasteiger partial charge on any atom is -0.198 e. The van der Waals surface area contributed by atoms with Crippen molar-refractivity contribution >= 4 is 0 Å². The summed E-state index contributed by atoms with van der Waals surface area (Å²) in [4.78, 5) is 0. The Kier molecular flexibility index (Phi) is 1.72. The van der Waals surface area contributed by atoms with Gasteiger partial charge in [-0.1, -0.05) is 20.8 Å². The molecule has 0 aromatic rings. The van der Waals surface area contributed by atoms with Crippen molar-refractivity contribution in [1.29, 1.82) is 5.26 Å². The van der Waals surface area contributed by atoms with Crippen LogP contribution in [0.1, 0.15) is 33.6 Å². The van der Waals surface area contributed by atoms with Gasteiger partial charge in [-0.25, -0.2) is 0 Å². The van der Waals surface area contributed by atoms with E-state index in [1.807, 2.05) is 0 Å². The second kappa shape index (κ2) is 2.27. The standard InChI is InChI=1S/C9H15N/c1-7(2)8(3)9(6-10)4-5-9/h7-8H,4-5H2,1-3H3. The van der Waals surface area contributed by atoms with Gasteiger partial charge in [0.15, 0.2) is 0 Å². The molecule has 10 heavy (non-hydrogen) atoms. The van der Waals surface area contributed by atoms with Crippen LogP contribution in [0, 0.1) is 28.6 Å². The van der Waals surface area contributed by atoms with Gasteiger partial charge in [-0.05, 0) is 24.7 Å². The van der Waals surface area contributed by atoms with Gasteiger partial charge < -0.3 is 0 Å². The molecule has 0 heterocycles. The molecule has 1 rings (SSSR count). The fourth-order valence-corrected chi connectivity index (χ4v) is 1.44. The molecule has 0 saturated heterocycles. The van der Waals surface area contributed by atoms with Gasteiger partial charge in [-0.2, -0.15) is 5.26 Å². The van der Waals surface area contributed by atoms with E-state index in [-0.39, 0.29) is 5.41 Å². The summed E-state index contributed by atoms with van der Waals surface area (Å²) >= 11 is 0. The summed E-state index contributed by atoms with van der Waals surface area (Å²) in [6.07, 6.45) is 2.26. The van der Waals surface area contributed by atoms with Crippen molar-refractivity contribution in [2.45, 2.75) is 33.6 Å². The zero-order valence-corrected chi connectivity index (χ0v) is 7.02. The molecule has 0 aromatic heterocycles. The Bertz CT molecular complexity index is 160. The molecule has 56 valence electrons. The van der Waals surface area contributed by atoms with Gasteiger partial charge in [-0.15, -0.1) is 0 Å². The topological polar surface area (TPSA) is 23.8 Å². The zero-order chi connectivity index (χ0) is 7.78. The van der Waals surface area contributed by atoms with E-state index >= 15 is 0 Å². The highest BCUT2D eigenvalue weighted by atomic mass is 14.5. The monoisotopic (exact) mass is 137 g/mol. The van der Waals surface area contributed by atoms with Gasteiger partial charge in [-0.3, -0.25) is 0 Å². The molecule has 1 nitrogen and oxygen atoms in total. The average molecular weight is 137 g/mol. The minimum atomic E-state index is 0.0775. The summed E-state index contributed by atoms with van der Waals surface area (Å²) < 4.78 is 0. The molecule has 0 amide bonds. The van der Waals surface area contributed by atoms with E-state index in [2.05, 4.69) is 26.8 Å². The third-order valence-corrected chi connectivity index (χ3v) is 2.88. The summed E-state index contributed by atoms with van der Waals surface area (Å²) in [6, 6.07) is 2.43. The highest BCUT2D eigenvalue weighted by molar-refractivity contribution is 5.12. The average Bonchev–Trinajstić information content (AvgIpc) is 2.66. The Labute approximate surface area is 63.0 Å². The minimum absolute atomic E-state index is 0.0775. The highest BCUT2D eigenvalue weighted by Crippen LogP contribution is 2.53. The van der Waals surface area contributed by atoms with E-state index in [0.717, 1.165) is 12.8 Å². The van der Waals surface area contributed by atoms with E-state index in [4.69, 9.17) is 5.26 Å². The lowest BCUT2D eigenvalue weighted by Gasteiger charge is -2.19. The molecule has 1 aliphatic carbocycles. The molecule has 1 heteroatoms. The van der Waals surface area contributed by atoms with Crippen LogP contribution in [0.2, 0.25) is 0 Å². The fourth-order valence-electron chi connectivity index (χ4n) is 1.44. The van der Waals surface area contributed by atoms with E-state index < -0.39 is 0 Å². The van der Waals surface area contributed by atoms with Gasteiger partial charge in [0, 0.05) is 0 Å². The van der Waals surface area contributed by atoms with Gasteiger partial charge in [0.2, 0.25) is 0 Å². The molecule has 0 N–H and O–H groups in total. The third-order valence-electron chi connectivity index (χ3n) is 2.88. The molecule has 1 atom stereocenters. The van der Waals surface area contributed by atoms with Crippen molar-refractivity contribution in [3.63, 3.8) is 0 Å². The number of nitrogens with zero attached hydrogens (tertiary/aromatic N) is 1. The maximum Gasteiger partial charge on any atom is 0.0692 e. The summed E-state index contributed by atoms with van der Waals surface area (Å²) in [7, 11) is 0. The highest BCUT2D eigenvalue weighted by Gasteiger charge is 2.48. The lowest BCUT2D eigenvalue weighted by atomic mass is 9.83. The first kappa shape index (κ1) is 7.60. The summed E-state index contributed by atoms with van der Waals surface area (Å²) in [5.41, 5.74) is 0.0775. The van der Waals surface area contributed by atoms with Crippen LogP contribution in [0.15, 0.2) is 0 Å². The fraction of sp³-hybridized carbons (Fsp3) is 0.889. The number of nitriles is 1. The maximum absolute atomic E-state index is 8.83. The predicted octanol–water partition coefficient (Wildman–Crippen LogP) is 2.58. The lowest BCUT2D eigenvalue weighted by molar-refractivity contribution is 0.313. The first-order chi connectivity index (χ1) is 4.62.